The molecule has 0 aliphatic heterocycles. The van der Waals surface area contributed by atoms with E-state index in [2.05, 4.69) is 4.74 Å². The average molecular weight is 391 g/mol. The molecular formula is C16H13F4NO4S. The minimum atomic E-state index is -4.73. The molecule has 2 aromatic carbocycles. The first-order valence-electron chi connectivity index (χ1n) is 7.10. The Morgan fingerprint density at radius 1 is 1.08 bits per heavy atom. The van der Waals surface area contributed by atoms with Gasteiger partial charge in [-0.3, -0.25) is 4.79 Å². The molecule has 0 radical (unpaired) electrons. The summed E-state index contributed by atoms with van der Waals surface area (Å²) in [6.45, 7) is -0.827. The van der Waals surface area contributed by atoms with E-state index in [0.29, 0.717) is 4.31 Å². The van der Waals surface area contributed by atoms with Gasteiger partial charge in [0.05, 0.1) is 10.5 Å². The number of rotatable bonds is 5. The highest BCUT2D eigenvalue weighted by Crippen LogP contribution is 2.35. The Kier molecular flexibility index (Phi) is 5.67. The molecule has 140 valence electrons. The molecule has 0 spiro atoms. The molecule has 0 aromatic heterocycles. The number of hydrogen-bond acceptors (Lipinski definition) is 4. The van der Waals surface area contributed by atoms with Crippen molar-refractivity contribution in [1.82, 2.24) is 4.31 Å². The maximum Gasteiger partial charge on any atom is 0.419 e. The molecule has 5 nitrogen and oxygen atoms in total. The highest BCUT2D eigenvalue weighted by Gasteiger charge is 2.35. The number of carbonyl (C=O) groups is 1. The van der Waals surface area contributed by atoms with Gasteiger partial charge in [-0.05, 0) is 36.4 Å². The summed E-state index contributed by atoms with van der Waals surface area (Å²) >= 11 is 0. The number of benzene rings is 2. The lowest BCUT2D eigenvalue weighted by Crippen LogP contribution is -2.34. The van der Waals surface area contributed by atoms with E-state index in [1.165, 1.54) is 6.07 Å². The van der Waals surface area contributed by atoms with Gasteiger partial charge in [-0.15, -0.1) is 0 Å². The number of alkyl halides is 3. The van der Waals surface area contributed by atoms with E-state index in [1.807, 2.05) is 0 Å². The second-order valence-corrected chi connectivity index (χ2v) is 7.23. The summed E-state index contributed by atoms with van der Waals surface area (Å²) in [5.41, 5.74) is -1.16. The van der Waals surface area contributed by atoms with Crippen LogP contribution in [0.5, 0.6) is 5.75 Å². The highest BCUT2D eigenvalue weighted by molar-refractivity contribution is 7.89. The highest BCUT2D eigenvalue weighted by atomic mass is 32.2. The van der Waals surface area contributed by atoms with Gasteiger partial charge < -0.3 is 4.74 Å². The van der Waals surface area contributed by atoms with Gasteiger partial charge in [-0.2, -0.15) is 17.5 Å². The molecule has 0 N–H and O–H groups in total. The fourth-order valence-corrected chi connectivity index (χ4v) is 3.11. The van der Waals surface area contributed by atoms with Crippen LogP contribution in [0.2, 0.25) is 0 Å². The first-order chi connectivity index (χ1) is 12.0. The zero-order chi connectivity index (χ0) is 19.5. The van der Waals surface area contributed by atoms with Crippen LogP contribution in [-0.4, -0.2) is 32.3 Å². The van der Waals surface area contributed by atoms with Crippen molar-refractivity contribution in [2.24, 2.45) is 0 Å². The van der Waals surface area contributed by atoms with Gasteiger partial charge in [0, 0.05) is 7.05 Å². The number of sulfonamides is 1. The van der Waals surface area contributed by atoms with E-state index < -0.39 is 45.8 Å². The predicted octanol–water partition coefficient (Wildman–Crippen LogP) is 3.07. The van der Waals surface area contributed by atoms with Crippen LogP contribution in [0.4, 0.5) is 17.6 Å². The molecule has 0 atom stereocenters. The average Bonchev–Trinajstić information content (AvgIpc) is 2.54. The van der Waals surface area contributed by atoms with Gasteiger partial charge in [0.25, 0.3) is 0 Å². The maximum atomic E-state index is 12.9. The van der Waals surface area contributed by atoms with Gasteiger partial charge >= 0.3 is 12.1 Å². The fourth-order valence-electron chi connectivity index (χ4n) is 2.00. The Bertz CT molecular complexity index is 895. The van der Waals surface area contributed by atoms with Crippen molar-refractivity contribution in [2.45, 2.75) is 11.1 Å². The number of ether oxygens (including phenoxy) is 1. The lowest BCUT2D eigenvalue weighted by atomic mass is 10.2. The summed E-state index contributed by atoms with van der Waals surface area (Å²) in [5.74, 6) is -2.57. The Labute approximate surface area is 146 Å². The molecule has 26 heavy (non-hydrogen) atoms. The van der Waals surface area contributed by atoms with Crippen LogP contribution in [-0.2, 0) is 21.0 Å². The van der Waals surface area contributed by atoms with Crippen molar-refractivity contribution in [3.05, 3.63) is 59.9 Å². The summed E-state index contributed by atoms with van der Waals surface area (Å²) < 4.78 is 81.3. The lowest BCUT2D eigenvalue weighted by molar-refractivity contribution is -0.142. The normalized spacial score (nSPS) is 12.2. The van der Waals surface area contributed by atoms with Gasteiger partial charge in [0.1, 0.15) is 18.1 Å². The van der Waals surface area contributed by atoms with Gasteiger partial charge in [0.15, 0.2) is 0 Å². The Hall–Kier alpha value is -2.46. The molecule has 0 saturated heterocycles. The van der Waals surface area contributed by atoms with Crippen molar-refractivity contribution >= 4 is 16.0 Å². The second kappa shape index (κ2) is 7.42. The number of esters is 1. The topological polar surface area (TPSA) is 63.7 Å². The van der Waals surface area contributed by atoms with E-state index >= 15 is 0 Å². The van der Waals surface area contributed by atoms with E-state index in [1.54, 1.807) is 0 Å². The van der Waals surface area contributed by atoms with Crippen molar-refractivity contribution in [1.29, 1.82) is 0 Å². The minimum Gasteiger partial charge on any atom is -0.425 e. The van der Waals surface area contributed by atoms with Crippen LogP contribution in [0, 0.1) is 5.82 Å². The molecule has 0 aliphatic rings. The molecule has 0 amide bonds. The Morgan fingerprint density at radius 2 is 1.65 bits per heavy atom. The van der Waals surface area contributed by atoms with Crippen LogP contribution < -0.4 is 4.74 Å². The predicted molar refractivity (Wildman–Crippen MR) is 83.3 cm³/mol. The van der Waals surface area contributed by atoms with Crippen LogP contribution in [0.1, 0.15) is 5.56 Å². The molecule has 0 aliphatic carbocycles. The van der Waals surface area contributed by atoms with Crippen molar-refractivity contribution in [3.63, 3.8) is 0 Å². The van der Waals surface area contributed by atoms with Gasteiger partial charge in [-0.25, -0.2) is 12.8 Å². The smallest absolute Gasteiger partial charge is 0.419 e. The van der Waals surface area contributed by atoms with Crippen molar-refractivity contribution in [2.75, 3.05) is 13.6 Å². The zero-order valence-corrected chi connectivity index (χ0v) is 14.1. The molecule has 2 rings (SSSR count). The molecule has 0 heterocycles. The van der Waals surface area contributed by atoms with E-state index in [0.717, 1.165) is 49.5 Å². The van der Waals surface area contributed by atoms with Crippen LogP contribution >= 0.6 is 0 Å². The summed E-state index contributed by atoms with van der Waals surface area (Å²) in [6.07, 6.45) is -4.73. The SMILES string of the molecule is CN(CC(=O)Oc1ccccc1C(F)(F)F)S(=O)(=O)c1ccc(F)cc1. The number of hydrogen-bond donors (Lipinski definition) is 0. The fraction of sp³-hybridized carbons (Fsp3) is 0.188. The maximum absolute atomic E-state index is 12.9. The van der Waals surface area contributed by atoms with Crippen LogP contribution in [0.3, 0.4) is 0 Å². The zero-order valence-electron chi connectivity index (χ0n) is 13.3. The summed E-state index contributed by atoms with van der Waals surface area (Å²) in [4.78, 5) is 11.6. The first-order valence-corrected chi connectivity index (χ1v) is 8.54. The molecular weight excluding hydrogens is 378 g/mol. The number of para-hydroxylation sites is 1. The lowest BCUT2D eigenvalue weighted by Gasteiger charge is -2.17. The molecule has 10 heteroatoms. The second-order valence-electron chi connectivity index (χ2n) is 5.18. The molecule has 0 bridgehead atoms. The molecule has 0 saturated carbocycles. The largest absolute Gasteiger partial charge is 0.425 e. The third-order valence-electron chi connectivity index (χ3n) is 3.29. The Balaban J connectivity index is 2.14. The minimum absolute atomic E-state index is 0.273. The summed E-state index contributed by atoms with van der Waals surface area (Å²) in [5, 5.41) is 0. The van der Waals surface area contributed by atoms with Crippen molar-refractivity contribution < 1.29 is 35.5 Å². The summed E-state index contributed by atoms with van der Waals surface area (Å²) in [7, 11) is -3.09. The third kappa shape index (κ3) is 4.58. The first kappa shape index (κ1) is 19.9. The van der Waals surface area contributed by atoms with E-state index in [-0.39, 0.29) is 4.90 Å². The van der Waals surface area contributed by atoms with Crippen LogP contribution in [0.25, 0.3) is 0 Å². The number of halogens is 4. The molecule has 0 fully saturated rings. The molecule has 2 aromatic rings. The van der Waals surface area contributed by atoms with Crippen molar-refractivity contribution in [3.8, 4) is 5.75 Å². The third-order valence-corrected chi connectivity index (χ3v) is 5.11. The standard InChI is InChI=1S/C16H13F4NO4S/c1-21(26(23,24)12-8-6-11(17)7-9-12)10-15(22)25-14-5-3-2-4-13(14)16(18,19)20/h2-9H,10H2,1H3. The number of carbonyl (C=O) groups excluding carboxylic acids is 1. The Morgan fingerprint density at radius 3 is 2.23 bits per heavy atom. The molecule has 0 unspecified atom stereocenters. The number of likely N-dealkylation sites (N-methyl/N-ethyl adjacent to an activating group) is 1. The van der Waals surface area contributed by atoms with Gasteiger partial charge in [0.2, 0.25) is 10.0 Å². The van der Waals surface area contributed by atoms with E-state index in [9.17, 15) is 30.8 Å². The van der Waals surface area contributed by atoms with Gasteiger partial charge in [-0.1, -0.05) is 12.1 Å². The summed E-state index contributed by atoms with van der Waals surface area (Å²) in [6, 6.07) is 7.94. The van der Waals surface area contributed by atoms with Crippen LogP contribution in [0.15, 0.2) is 53.4 Å². The quantitative estimate of drug-likeness (QED) is 0.447. The number of nitrogens with zero attached hydrogens (tertiary/aromatic N) is 1. The van der Waals surface area contributed by atoms with E-state index in [4.69, 9.17) is 0 Å². The monoisotopic (exact) mass is 391 g/mol.